The summed E-state index contributed by atoms with van der Waals surface area (Å²) in [6, 6.07) is 5.92. The molecule has 0 spiro atoms. The van der Waals surface area contributed by atoms with Gasteiger partial charge in [0.1, 0.15) is 0 Å². The Hall–Kier alpha value is -2.63. The van der Waals surface area contributed by atoms with Crippen LogP contribution in [0, 0.1) is 13.8 Å². The molecule has 0 saturated carbocycles. The van der Waals surface area contributed by atoms with Gasteiger partial charge in [-0.25, -0.2) is 0 Å². The number of aromatic amines is 1. The molecule has 1 aliphatic heterocycles. The second-order valence-electron chi connectivity index (χ2n) is 6.62. The van der Waals surface area contributed by atoms with Gasteiger partial charge in [-0.2, -0.15) is 0 Å². The first kappa shape index (κ1) is 17.2. The highest BCUT2D eigenvalue weighted by Crippen LogP contribution is 2.19. The second kappa shape index (κ2) is 7.09. The summed E-state index contributed by atoms with van der Waals surface area (Å²) in [5.41, 5.74) is 3.59. The molecule has 2 heterocycles. The number of hydrogen-bond donors (Lipinski definition) is 1. The van der Waals surface area contributed by atoms with Gasteiger partial charge in [0.2, 0.25) is 12.3 Å². The highest BCUT2D eigenvalue weighted by molar-refractivity contribution is 5.83. The van der Waals surface area contributed by atoms with Crippen LogP contribution in [0.3, 0.4) is 0 Å². The van der Waals surface area contributed by atoms with Crippen molar-refractivity contribution in [2.45, 2.75) is 26.7 Å². The molecular weight excluding hydrogens is 318 g/mol. The molecular formula is C19H23N3O3. The summed E-state index contributed by atoms with van der Waals surface area (Å²) in [4.78, 5) is 41.8. The SMILES string of the molecule is Cc1ccc2cc(CCC(=O)N3CCN(C=O)CC3)c(=O)[nH]c2c1C. The zero-order valence-corrected chi connectivity index (χ0v) is 14.7. The molecule has 2 amide bonds. The highest BCUT2D eigenvalue weighted by atomic mass is 16.2. The van der Waals surface area contributed by atoms with Gasteiger partial charge in [0.25, 0.3) is 5.56 Å². The number of rotatable bonds is 4. The number of H-pyrrole nitrogens is 1. The first-order valence-electron chi connectivity index (χ1n) is 8.59. The molecule has 3 rings (SSSR count). The number of carbonyl (C=O) groups excluding carboxylic acids is 2. The van der Waals surface area contributed by atoms with E-state index in [4.69, 9.17) is 0 Å². The number of carbonyl (C=O) groups is 2. The van der Waals surface area contributed by atoms with Crippen molar-refractivity contribution in [1.82, 2.24) is 14.8 Å². The Morgan fingerprint density at radius 3 is 2.60 bits per heavy atom. The topological polar surface area (TPSA) is 73.5 Å². The fourth-order valence-electron chi connectivity index (χ4n) is 3.23. The monoisotopic (exact) mass is 341 g/mol. The molecule has 0 radical (unpaired) electrons. The Labute approximate surface area is 146 Å². The fourth-order valence-corrected chi connectivity index (χ4v) is 3.23. The Morgan fingerprint density at radius 1 is 1.20 bits per heavy atom. The lowest BCUT2D eigenvalue weighted by molar-refractivity contribution is -0.135. The molecule has 0 atom stereocenters. The van der Waals surface area contributed by atoms with Crippen LogP contribution in [0.4, 0.5) is 0 Å². The highest BCUT2D eigenvalue weighted by Gasteiger charge is 2.20. The number of piperazine rings is 1. The van der Waals surface area contributed by atoms with Crippen LogP contribution in [-0.2, 0) is 16.0 Å². The Bertz CT molecular complexity index is 864. The summed E-state index contributed by atoms with van der Waals surface area (Å²) in [7, 11) is 0. The minimum absolute atomic E-state index is 0.0325. The molecule has 132 valence electrons. The van der Waals surface area contributed by atoms with E-state index in [1.54, 1.807) is 9.80 Å². The number of hydrogen-bond acceptors (Lipinski definition) is 3. The molecule has 6 heteroatoms. The molecule has 1 aliphatic rings. The molecule has 0 aliphatic carbocycles. The maximum absolute atomic E-state index is 12.3. The third kappa shape index (κ3) is 3.57. The summed E-state index contributed by atoms with van der Waals surface area (Å²) < 4.78 is 0. The fraction of sp³-hybridized carbons (Fsp3) is 0.421. The second-order valence-corrected chi connectivity index (χ2v) is 6.62. The number of pyridine rings is 1. The third-order valence-corrected chi connectivity index (χ3v) is 5.05. The number of nitrogens with zero attached hydrogens (tertiary/aromatic N) is 2. The lowest BCUT2D eigenvalue weighted by Gasteiger charge is -2.32. The van der Waals surface area contributed by atoms with Crippen molar-refractivity contribution in [2.75, 3.05) is 26.2 Å². The van der Waals surface area contributed by atoms with Gasteiger partial charge >= 0.3 is 0 Å². The van der Waals surface area contributed by atoms with E-state index in [9.17, 15) is 14.4 Å². The van der Waals surface area contributed by atoms with E-state index in [2.05, 4.69) is 4.98 Å². The molecule has 2 aromatic rings. The average Bonchev–Trinajstić information content (AvgIpc) is 2.63. The summed E-state index contributed by atoms with van der Waals surface area (Å²) in [5, 5.41) is 0.991. The van der Waals surface area contributed by atoms with Crippen molar-refractivity contribution < 1.29 is 9.59 Å². The predicted octanol–water partition coefficient (Wildman–Crippen LogP) is 1.38. The van der Waals surface area contributed by atoms with Crippen LogP contribution >= 0.6 is 0 Å². The lowest BCUT2D eigenvalue weighted by atomic mass is 10.0. The third-order valence-electron chi connectivity index (χ3n) is 5.05. The van der Waals surface area contributed by atoms with Gasteiger partial charge in [-0.05, 0) is 42.8 Å². The Balaban J connectivity index is 1.70. The molecule has 1 fully saturated rings. The van der Waals surface area contributed by atoms with Crippen LogP contribution in [0.15, 0.2) is 23.0 Å². The zero-order valence-electron chi connectivity index (χ0n) is 14.7. The molecule has 25 heavy (non-hydrogen) atoms. The van der Waals surface area contributed by atoms with Crippen molar-refractivity contribution >= 4 is 23.2 Å². The van der Waals surface area contributed by atoms with E-state index in [0.29, 0.717) is 44.6 Å². The van der Waals surface area contributed by atoms with Gasteiger partial charge in [-0.15, -0.1) is 0 Å². The predicted molar refractivity (Wildman–Crippen MR) is 96.6 cm³/mol. The van der Waals surface area contributed by atoms with Crippen molar-refractivity contribution in [3.63, 3.8) is 0 Å². The van der Waals surface area contributed by atoms with Gasteiger partial charge < -0.3 is 14.8 Å². The van der Waals surface area contributed by atoms with Gasteiger partial charge in [-0.1, -0.05) is 12.1 Å². The van der Waals surface area contributed by atoms with E-state index < -0.39 is 0 Å². The molecule has 6 nitrogen and oxygen atoms in total. The summed E-state index contributed by atoms with van der Waals surface area (Å²) >= 11 is 0. The van der Waals surface area contributed by atoms with E-state index in [0.717, 1.165) is 28.4 Å². The summed E-state index contributed by atoms with van der Waals surface area (Å²) in [6.07, 6.45) is 1.55. The van der Waals surface area contributed by atoms with E-state index >= 15 is 0 Å². The van der Waals surface area contributed by atoms with Gasteiger partial charge in [0.05, 0.1) is 5.52 Å². The van der Waals surface area contributed by atoms with Crippen molar-refractivity contribution in [1.29, 1.82) is 0 Å². The molecule has 0 bridgehead atoms. The standard InChI is InChI=1S/C19H23N3O3/c1-13-3-4-15-11-16(19(25)20-18(15)14(13)2)5-6-17(24)22-9-7-21(12-23)8-10-22/h3-4,11-12H,5-10H2,1-2H3,(H,20,25). The smallest absolute Gasteiger partial charge is 0.251 e. The number of aryl methyl sites for hydroxylation is 3. The first-order valence-corrected chi connectivity index (χ1v) is 8.59. The number of amides is 2. The minimum atomic E-state index is -0.125. The van der Waals surface area contributed by atoms with E-state index in [-0.39, 0.29) is 11.5 Å². The summed E-state index contributed by atoms with van der Waals surface area (Å²) in [5.74, 6) is 0.0325. The van der Waals surface area contributed by atoms with Crippen LogP contribution in [0.5, 0.6) is 0 Å². The minimum Gasteiger partial charge on any atom is -0.342 e. The molecule has 0 unspecified atom stereocenters. The van der Waals surface area contributed by atoms with Gasteiger partial charge in [-0.3, -0.25) is 14.4 Å². The number of aromatic nitrogens is 1. The normalized spacial score (nSPS) is 14.8. The number of benzene rings is 1. The molecule has 1 aromatic carbocycles. The van der Waals surface area contributed by atoms with Crippen molar-refractivity contribution in [3.05, 3.63) is 45.2 Å². The van der Waals surface area contributed by atoms with Crippen LogP contribution in [0.2, 0.25) is 0 Å². The lowest BCUT2D eigenvalue weighted by Crippen LogP contribution is -2.48. The van der Waals surface area contributed by atoms with Gasteiger partial charge in [0.15, 0.2) is 0 Å². The maximum atomic E-state index is 12.3. The maximum Gasteiger partial charge on any atom is 0.251 e. The largest absolute Gasteiger partial charge is 0.342 e. The molecule has 1 saturated heterocycles. The quantitative estimate of drug-likeness (QED) is 0.854. The zero-order chi connectivity index (χ0) is 18.0. The number of fused-ring (bicyclic) bond motifs is 1. The van der Waals surface area contributed by atoms with Crippen LogP contribution in [0.25, 0.3) is 10.9 Å². The Morgan fingerprint density at radius 2 is 1.92 bits per heavy atom. The van der Waals surface area contributed by atoms with E-state index in [1.807, 2.05) is 32.0 Å². The van der Waals surface area contributed by atoms with Gasteiger partial charge in [0, 0.05) is 38.2 Å². The summed E-state index contributed by atoms with van der Waals surface area (Å²) in [6.45, 7) is 6.28. The van der Waals surface area contributed by atoms with E-state index in [1.165, 1.54) is 0 Å². The molecule has 1 aromatic heterocycles. The molecule has 1 N–H and O–H groups in total. The van der Waals surface area contributed by atoms with Crippen molar-refractivity contribution in [3.8, 4) is 0 Å². The Kier molecular flexibility index (Phi) is 4.88. The van der Waals surface area contributed by atoms with Crippen LogP contribution in [0.1, 0.15) is 23.1 Å². The van der Waals surface area contributed by atoms with Crippen LogP contribution in [-0.4, -0.2) is 53.3 Å². The number of nitrogens with one attached hydrogen (secondary N) is 1. The first-order chi connectivity index (χ1) is 12.0. The van der Waals surface area contributed by atoms with Crippen LogP contribution < -0.4 is 5.56 Å². The average molecular weight is 341 g/mol. The van der Waals surface area contributed by atoms with Crippen molar-refractivity contribution in [2.24, 2.45) is 0 Å².